The molecule has 0 atom stereocenters. The number of nitrogens with one attached hydrogen (secondary N) is 2. The minimum absolute atomic E-state index is 0.0943. The highest BCUT2D eigenvalue weighted by molar-refractivity contribution is 7.89. The number of hydrogen-bond donors (Lipinski definition) is 3. The summed E-state index contributed by atoms with van der Waals surface area (Å²) in [6.45, 7) is -0.0704. The molecule has 122 valence electrons. The molecule has 22 heavy (non-hydrogen) atoms. The van der Waals surface area contributed by atoms with Crippen LogP contribution in [0.25, 0.3) is 0 Å². The number of aromatic carboxylic acids is 1. The van der Waals surface area contributed by atoms with Crippen LogP contribution in [-0.2, 0) is 19.6 Å². The lowest BCUT2D eigenvalue weighted by Crippen LogP contribution is -2.34. The minimum atomic E-state index is -3.53. The second-order valence-electron chi connectivity index (χ2n) is 4.42. The summed E-state index contributed by atoms with van der Waals surface area (Å²) in [5.41, 5.74) is 0.477. The topological polar surface area (TPSA) is 122 Å². The SMILES string of the molecule is COCCCS(=O)(=O)NCC(=O)Nc1ccc(C(=O)O)cc1. The van der Waals surface area contributed by atoms with E-state index in [2.05, 4.69) is 10.0 Å². The molecule has 0 saturated heterocycles. The van der Waals surface area contributed by atoms with Crippen molar-refractivity contribution in [2.45, 2.75) is 6.42 Å². The van der Waals surface area contributed by atoms with Gasteiger partial charge in [0.2, 0.25) is 15.9 Å². The lowest BCUT2D eigenvalue weighted by Gasteiger charge is -2.08. The average molecular weight is 330 g/mol. The van der Waals surface area contributed by atoms with Crippen LogP contribution in [0.1, 0.15) is 16.8 Å². The molecule has 1 aromatic carbocycles. The number of carbonyl (C=O) groups excluding carboxylic acids is 1. The number of carboxylic acid groups (broad SMARTS) is 1. The Hall–Kier alpha value is -1.97. The second-order valence-corrected chi connectivity index (χ2v) is 6.34. The molecule has 9 heteroatoms. The number of carbonyl (C=O) groups is 2. The maximum absolute atomic E-state index is 11.6. The number of carboxylic acids is 1. The van der Waals surface area contributed by atoms with Crippen LogP contribution in [-0.4, -0.2) is 51.4 Å². The van der Waals surface area contributed by atoms with Gasteiger partial charge in [-0.1, -0.05) is 0 Å². The van der Waals surface area contributed by atoms with Crippen molar-refractivity contribution >= 4 is 27.6 Å². The number of anilines is 1. The number of ether oxygens (including phenoxy) is 1. The third kappa shape index (κ3) is 6.66. The number of amides is 1. The van der Waals surface area contributed by atoms with Gasteiger partial charge in [-0.25, -0.2) is 17.9 Å². The lowest BCUT2D eigenvalue weighted by atomic mass is 10.2. The predicted octanol–water partition coefficient (Wildman–Crippen LogP) is 0.279. The highest BCUT2D eigenvalue weighted by Crippen LogP contribution is 2.09. The van der Waals surface area contributed by atoms with Gasteiger partial charge in [-0.3, -0.25) is 4.79 Å². The van der Waals surface area contributed by atoms with Crippen molar-refractivity contribution in [3.05, 3.63) is 29.8 Å². The molecule has 8 nitrogen and oxygen atoms in total. The summed E-state index contributed by atoms with van der Waals surface area (Å²) >= 11 is 0. The molecular formula is C13H18N2O6S. The highest BCUT2D eigenvalue weighted by atomic mass is 32.2. The molecule has 0 fully saturated rings. The monoisotopic (exact) mass is 330 g/mol. The molecule has 1 rings (SSSR count). The molecule has 0 aliphatic rings. The molecule has 1 amide bonds. The molecule has 0 heterocycles. The van der Waals surface area contributed by atoms with E-state index < -0.39 is 28.4 Å². The summed E-state index contributed by atoms with van der Waals surface area (Å²) in [6, 6.07) is 5.53. The van der Waals surface area contributed by atoms with Crippen molar-refractivity contribution in [3.8, 4) is 0 Å². The Morgan fingerprint density at radius 3 is 2.41 bits per heavy atom. The molecular weight excluding hydrogens is 312 g/mol. The molecule has 0 unspecified atom stereocenters. The van der Waals surface area contributed by atoms with E-state index >= 15 is 0 Å². The Kier molecular flexibility index (Phi) is 6.96. The van der Waals surface area contributed by atoms with E-state index in [1.165, 1.54) is 31.4 Å². The fourth-order valence-electron chi connectivity index (χ4n) is 1.54. The van der Waals surface area contributed by atoms with E-state index in [4.69, 9.17) is 9.84 Å². The second kappa shape index (κ2) is 8.47. The van der Waals surface area contributed by atoms with Crippen molar-refractivity contribution in [2.24, 2.45) is 0 Å². The molecule has 1 aromatic rings. The smallest absolute Gasteiger partial charge is 0.335 e. The van der Waals surface area contributed by atoms with Crippen LogP contribution in [0, 0.1) is 0 Å². The van der Waals surface area contributed by atoms with E-state index in [9.17, 15) is 18.0 Å². The van der Waals surface area contributed by atoms with Gasteiger partial charge >= 0.3 is 5.97 Å². The molecule has 0 aliphatic carbocycles. The van der Waals surface area contributed by atoms with E-state index in [0.717, 1.165) is 0 Å². The van der Waals surface area contributed by atoms with Gasteiger partial charge in [0.05, 0.1) is 17.9 Å². The van der Waals surface area contributed by atoms with E-state index in [1.807, 2.05) is 0 Å². The third-order valence-corrected chi connectivity index (χ3v) is 4.04. The first-order valence-corrected chi connectivity index (χ1v) is 8.09. The van der Waals surface area contributed by atoms with Crippen LogP contribution in [0.5, 0.6) is 0 Å². The van der Waals surface area contributed by atoms with Gasteiger partial charge in [0, 0.05) is 19.4 Å². The van der Waals surface area contributed by atoms with E-state index in [-0.39, 0.29) is 11.3 Å². The van der Waals surface area contributed by atoms with Gasteiger partial charge < -0.3 is 15.2 Å². The van der Waals surface area contributed by atoms with Crippen LogP contribution < -0.4 is 10.0 Å². The lowest BCUT2D eigenvalue weighted by molar-refractivity contribution is -0.115. The van der Waals surface area contributed by atoms with Crippen LogP contribution in [0.2, 0.25) is 0 Å². The summed E-state index contributed by atoms with van der Waals surface area (Å²) < 4.78 is 30.1. The van der Waals surface area contributed by atoms with E-state index in [1.54, 1.807) is 0 Å². The number of sulfonamides is 1. The Morgan fingerprint density at radius 1 is 1.23 bits per heavy atom. The Labute approximate surface area is 128 Å². The van der Waals surface area contributed by atoms with Crippen molar-refractivity contribution in [3.63, 3.8) is 0 Å². The van der Waals surface area contributed by atoms with Crippen LogP contribution in [0.4, 0.5) is 5.69 Å². The molecule has 0 aromatic heterocycles. The fourth-order valence-corrected chi connectivity index (χ4v) is 2.54. The first-order valence-electron chi connectivity index (χ1n) is 6.43. The zero-order chi connectivity index (χ0) is 16.6. The summed E-state index contributed by atoms with van der Waals surface area (Å²) in [7, 11) is -2.05. The van der Waals surface area contributed by atoms with Gasteiger partial charge in [0.15, 0.2) is 0 Å². The van der Waals surface area contributed by atoms with Crippen LogP contribution in [0.15, 0.2) is 24.3 Å². The molecule has 0 spiro atoms. The zero-order valence-corrected chi connectivity index (χ0v) is 12.9. The number of methoxy groups -OCH3 is 1. The van der Waals surface area contributed by atoms with Gasteiger partial charge in [-0.05, 0) is 30.7 Å². The number of hydrogen-bond acceptors (Lipinski definition) is 5. The molecule has 3 N–H and O–H groups in total. The minimum Gasteiger partial charge on any atom is -0.478 e. The highest BCUT2D eigenvalue weighted by Gasteiger charge is 2.12. The summed E-state index contributed by atoms with van der Waals surface area (Å²) in [6.07, 6.45) is 0.337. The largest absolute Gasteiger partial charge is 0.478 e. The maximum Gasteiger partial charge on any atom is 0.335 e. The van der Waals surface area contributed by atoms with Crippen molar-refractivity contribution in [1.82, 2.24) is 4.72 Å². The van der Waals surface area contributed by atoms with Gasteiger partial charge in [0.1, 0.15) is 0 Å². The standard InChI is InChI=1S/C13H18N2O6S/c1-21-7-2-8-22(19,20)14-9-12(16)15-11-5-3-10(4-6-11)13(17)18/h3-6,14H,2,7-9H2,1H3,(H,15,16)(H,17,18). The summed E-state index contributed by atoms with van der Waals surface area (Å²) in [5.74, 6) is -1.73. The van der Waals surface area contributed by atoms with Crippen molar-refractivity contribution in [2.75, 3.05) is 31.3 Å². The third-order valence-electron chi connectivity index (χ3n) is 2.63. The molecule has 0 saturated carbocycles. The number of benzene rings is 1. The number of rotatable bonds is 9. The van der Waals surface area contributed by atoms with E-state index in [0.29, 0.717) is 18.7 Å². The summed E-state index contributed by atoms with van der Waals surface area (Å²) in [4.78, 5) is 22.3. The molecule has 0 aliphatic heterocycles. The van der Waals surface area contributed by atoms with Gasteiger partial charge in [-0.15, -0.1) is 0 Å². The van der Waals surface area contributed by atoms with Crippen LogP contribution >= 0.6 is 0 Å². The van der Waals surface area contributed by atoms with Crippen LogP contribution in [0.3, 0.4) is 0 Å². The molecule has 0 radical (unpaired) electrons. The summed E-state index contributed by atoms with van der Waals surface area (Å²) in [5, 5.41) is 11.2. The Bertz CT molecular complexity index is 612. The first-order chi connectivity index (χ1) is 10.3. The average Bonchev–Trinajstić information content (AvgIpc) is 2.46. The van der Waals surface area contributed by atoms with Crippen molar-refractivity contribution < 1.29 is 27.9 Å². The zero-order valence-electron chi connectivity index (χ0n) is 12.0. The first kappa shape index (κ1) is 18.1. The maximum atomic E-state index is 11.6. The quantitative estimate of drug-likeness (QED) is 0.559. The predicted molar refractivity (Wildman–Crippen MR) is 80.3 cm³/mol. The van der Waals surface area contributed by atoms with Crippen molar-refractivity contribution in [1.29, 1.82) is 0 Å². The van der Waals surface area contributed by atoms with Gasteiger partial charge in [0.25, 0.3) is 0 Å². The molecule has 0 bridgehead atoms. The fraction of sp³-hybridized carbons (Fsp3) is 0.385. The Morgan fingerprint density at radius 2 is 1.86 bits per heavy atom. The Balaban J connectivity index is 2.44. The normalized spacial score (nSPS) is 11.1. The van der Waals surface area contributed by atoms with Gasteiger partial charge in [-0.2, -0.15) is 0 Å².